The minimum absolute atomic E-state index is 0.0404. The molecule has 0 fully saturated rings. The van der Waals surface area contributed by atoms with Crippen LogP contribution in [0.1, 0.15) is 43.0 Å². The van der Waals surface area contributed by atoms with Crippen molar-refractivity contribution in [2.45, 2.75) is 30.1 Å². The summed E-state index contributed by atoms with van der Waals surface area (Å²) in [5.74, 6) is -1.67. The fraction of sp³-hybridized carbons (Fsp3) is 0.103. The Hall–Kier alpha value is -4.68. The zero-order valence-corrected chi connectivity index (χ0v) is 23.8. The summed E-state index contributed by atoms with van der Waals surface area (Å²) in [4.78, 5) is 25.2. The Morgan fingerprint density at radius 3 is 1.24 bits per heavy atom. The van der Waals surface area contributed by atoms with Gasteiger partial charge < -0.3 is 11.5 Å². The minimum atomic E-state index is -4.07. The normalized spacial score (nSPS) is 11.6. The van der Waals surface area contributed by atoms with Crippen molar-refractivity contribution in [1.29, 1.82) is 0 Å². The highest BCUT2D eigenvalue weighted by Crippen LogP contribution is 2.23. The first kappa shape index (κ1) is 29.3. The topological polar surface area (TPSA) is 179 Å². The molecular formula is C29H28N4O6S2. The smallest absolute Gasteiger partial charge is 0.265 e. The molecule has 0 unspecified atom stereocenters. The lowest BCUT2D eigenvalue weighted by molar-refractivity contribution is 0.0972. The maximum absolute atomic E-state index is 12.6. The highest BCUT2D eigenvalue weighted by molar-refractivity contribution is 7.90. The summed E-state index contributed by atoms with van der Waals surface area (Å²) in [5.41, 5.74) is 15.9. The van der Waals surface area contributed by atoms with Crippen LogP contribution >= 0.6 is 0 Å². The summed E-state index contributed by atoms with van der Waals surface area (Å²) in [6.45, 7) is 3.64. The van der Waals surface area contributed by atoms with E-state index in [0.717, 1.165) is 11.1 Å². The van der Waals surface area contributed by atoms with E-state index >= 15 is 0 Å². The van der Waals surface area contributed by atoms with Crippen LogP contribution in [0.5, 0.6) is 0 Å². The van der Waals surface area contributed by atoms with E-state index in [0.29, 0.717) is 11.1 Å². The van der Waals surface area contributed by atoms with E-state index in [1.165, 1.54) is 48.5 Å². The quantitative estimate of drug-likeness (QED) is 0.225. The van der Waals surface area contributed by atoms with Crippen molar-refractivity contribution < 1.29 is 26.4 Å². The molecule has 0 aliphatic rings. The fourth-order valence-corrected chi connectivity index (χ4v) is 5.86. The third-order valence-corrected chi connectivity index (χ3v) is 9.01. The Bertz CT molecular complexity index is 1720. The van der Waals surface area contributed by atoms with Crippen LogP contribution in [-0.4, -0.2) is 28.6 Å². The summed E-state index contributed by atoms with van der Waals surface area (Å²) >= 11 is 0. The highest BCUT2D eigenvalue weighted by atomic mass is 32.2. The van der Waals surface area contributed by atoms with Crippen LogP contribution < -0.4 is 20.9 Å². The molecule has 12 heteroatoms. The van der Waals surface area contributed by atoms with Crippen LogP contribution in [0.3, 0.4) is 0 Å². The molecule has 2 amide bonds. The number of carbonyl (C=O) groups excluding carboxylic acids is 2. The van der Waals surface area contributed by atoms with Gasteiger partial charge in [-0.2, -0.15) is 0 Å². The Morgan fingerprint density at radius 1 is 0.585 bits per heavy atom. The second kappa shape index (κ2) is 11.4. The van der Waals surface area contributed by atoms with Crippen molar-refractivity contribution in [2.24, 2.45) is 0 Å². The van der Waals surface area contributed by atoms with Gasteiger partial charge in [0.15, 0.2) is 0 Å². The van der Waals surface area contributed by atoms with E-state index in [2.05, 4.69) is 0 Å². The van der Waals surface area contributed by atoms with Crippen molar-refractivity contribution in [2.75, 3.05) is 11.5 Å². The van der Waals surface area contributed by atoms with Gasteiger partial charge in [0.05, 0.1) is 9.79 Å². The van der Waals surface area contributed by atoms with Crippen LogP contribution in [-0.2, 0) is 26.5 Å². The molecular weight excluding hydrogens is 564 g/mol. The van der Waals surface area contributed by atoms with Gasteiger partial charge in [0.25, 0.3) is 31.9 Å². The van der Waals surface area contributed by atoms with Crippen molar-refractivity contribution >= 4 is 43.2 Å². The lowest BCUT2D eigenvalue weighted by atomic mass is 9.99. The molecule has 4 aromatic carbocycles. The van der Waals surface area contributed by atoms with Gasteiger partial charge in [0.1, 0.15) is 0 Å². The number of benzene rings is 4. The summed E-state index contributed by atoms with van der Waals surface area (Å²) in [5, 5.41) is 0. The van der Waals surface area contributed by atoms with Gasteiger partial charge in [-0.15, -0.1) is 0 Å². The molecule has 0 radical (unpaired) electrons. The average molecular weight is 593 g/mol. The van der Waals surface area contributed by atoms with Crippen LogP contribution in [0, 0.1) is 13.8 Å². The first-order valence-corrected chi connectivity index (χ1v) is 15.3. The molecule has 0 aromatic heterocycles. The Kier molecular flexibility index (Phi) is 8.17. The molecule has 41 heavy (non-hydrogen) atoms. The predicted octanol–water partition coefficient (Wildman–Crippen LogP) is 3.30. The van der Waals surface area contributed by atoms with Gasteiger partial charge in [-0.05, 0) is 73.5 Å². The second-order valence-electron chi connectivity index (χ2n) is 9.50. The number of aryl methyl sites for hydroxylation is 2. The number of hydrogen-bond donors (Lipinski definition) is 4. The maximum Gasteiger partial charge on any atom is 0.265 e. The van der Waals surface area contributed by atoms with Gasteiger partial charge in [-0.3, -0.25) is 9.59 Å². The van der Waals surface area contributed by atoms with Gasteiger partial charge in [-0.1, -0.05) is 47.5 Å². The zero-order chi connectivity index (χ0) is 29.9. The molecule has 212 valence electrons. The molecule has 4 rings (SSSR count). The number of amides is 2. The number of nitrogens with one attached hydrogen (secondary N) is 2. The van der Waals surface area contributed by atoms with Crippen molar-refractivity contribution in [3.8, 4) is 0 Å². The number of nitrogens with two attached hydrogens (primary N) is 2. The maximum atomic E-state index is 12.6. The molecule has 0 aliphatic heterocycles. The van der Waals surface area contributed by atoms with Crippen molar-refractivity contribution in [3.05, 3.63) is 118 Å². The van der Waals surface area contributed by atoms with Gasteiger partial charge >= 0.3 is 0 Å². The molecule has 0 heterocycles. The molecule has 6 N–H and O–H groups in total. The average Bonchev–Trinajstić information content (AvgIpc) is 2.90. The van der Waals surface area contributed by atoms with Gasteiger partial charge in [0.2, 0.25) is 0 Å². The Labute approximate surface area is 238 Å². The molecule has 4 aromatic rings. The van der Waals surface area contributed by atoms with Crippen LogP contribution in [0.4, 0.5) is 11.4 Å². The van der Waals surface area contributed by atoms with E-state index in [9.17, 15) is 26.4 Å². The number of anilines is 2. The van der Waals surface area contributed by atoms with Crippen LogP contribution in [0.15, 0.2) is 94.7 Å². The number of hydrogen-bond acceptors (Lipinski definition) is 8. The second-order valence-corrected chi connectivity index (χ2v) is 12.9. The minimum Gasteiger partial charge on any atom is -0.398 e. The monoisotopic (exact) mass is 592 g/mol. The molecule has 0 atom stereocenters. The van der Waals surface area contributed by atoms with E-state index < -0.39 is 31.9 Å². The first-order chi connectivity index (χ1) is 19.2. The molecule has 10 nitrogen and oxygen atoms in total. The van der Waals surface area contributed by atoms with E-state index in [4.69, 9.17) is 11.5 Å². The third-order valence-electron chi connectivity index (χ3n) is 6.31. The molecule has 0 saturated carbocycles. The third kappa shape index (κ3) is 6.91. The van der Waals surface area contributed by atoms with E-state index in [1.807, 2.05) is 23.3 Å². The molecule has 0 bridgehead atoms. The summed E-state index contributed by atoms with van der Waals surface area (Å²) < 4.78 is 54.3. The van der Waals surface area contributed by atoms with Gasteiger partial charge in [0, 0.05) is 28.9 Å². The number of carbonyl (C=O) groups is 2. The lowest BCUT2D eigenvalue weighted by Crippen LogP contribution is -2.30. The lowest BCUT2D eigenvalue weighted by Gasteiger charge is -2.12. The van der Waals surface area contributed by atoms with Crippen molar-refractivity contribution in [1.82, 2.24) is 9.44 Å². The van der Waals surface area contributed by atoms with Crippen molar-refractivity contribution in [3.63, 3.8) is 0 Å². The van der Waals surface area contributed by atoms with Crippen LogP contribution in [0.25, 0.3) is 0 Å². The van der Waals surface area contributed by atoms with E-state index in [-0.39, 0.29) is 38.7 Å². The Balaban J connectivity index is 1.45. The van der Waals surface area contributed by atoms with E-state index in [1.54, 1.807) is 36.4 Å². The number of nitrogen functional groups attached to an aromatic ring is 2. The largest absolute Gasteiger partial charge is 0.398 e. The number of rotatable bonds is 8. The van der Waals surface area contributed by atoms with Gasteiger partial charge in [-0.25, -0.2) is 26.3 Å². The highest BCUT2D eigenvalue weighted by Gasteiger charge is 2.21. The molecule has 0 saturated heterocycles. The first-order valence-electron chi connectivity index (χ1n) is 12.3. The standard InChI is InChI=1S/C29H28N4O6S2/c1-18-3-11-24(12-4-18)40(36,37)32-28(34)22-9-7-20(26(30)16-22)15-21-8-10-23(17-27(21)31)29(35)33-41(38,39)25-13-5-19(2)6-14-25/h3-14,16-17H,15,30-31H2,1-2H3,(H,32,34)(H,33,35). The fourth-order valence-electron chi connectivity index (χ4n) is 3.91. The SMILES string of the molecule is Cc1ccc(S(=O)(=O)NC(=O)c2ccc(Cc3ccc(C(=O)NS(=O)(=O)c4ccc(C)cc4)cc3N)c(N)c2)cc1. The summed E-state index contributed by atoms with van der Waals surface area (Å²) in [7, 11) is -8.14. The summed E-state index contributed by atoms with van der Waals surface area (Å²) in [6.07, 6.45) is 0.241. The molecule has 0 spiro atoms. The predicted molar refractivity (Wildman–Crippen MR) is 156 cm³/mol. The molecule has 0 aliphatic carbocycles. The van der Waals surface area contributed by atoms with Crippen LogP contribution in [0.2, 0.25) is 0 Å². The summed E-state index contributed by atoms with van der Waals surface area (Å²) in [6, 6.07) is 20.9. The Morgan fingerprint density at radius 2 is 0.927 bits per heavy atom. The number of sulfonamides is 2. The zero-order valence-electron chi connectivity index (χ0n) is 22.2.